The Morgan fingerprint density at radius 2 is 1.81 bits per heavy atom. The van der Waals surface area contributed by atoms with Crippen LogP contribution in [0.1, 0.15) is 61.4 Å². The second-order valence-electron chi connectivity index (χ2n) is 9.05. The molecule has 0 saturated heterocycles. The largest absolute Gasteiger partial charge is 0.399 e. The standard InChI is InChI=1S/C22H33N3O/c1-3-25(22-12-16-9-17(13-22)11-18(10-16)14-22)7-6-24-21(26)19-4-5-20(23)15(2)8-19/h4-5,8,16-18H,3,6-7,9-14,23H2,1-2H3,(H,24,26). The Morgan fingerprint density at radius 3 is 2.35 bits per heavy atom. The number of nitrogens with one attached hydrogen (secondary N) is 1. The molecule has 1 amide bonds. The molecule has 0 aliphatic heterocycles. The highest BCUT2D eigenvalue weighted by molar-refractivity contribution is 5.94. The van der Waals surface area contributed by atoms with Crippen molar-refractivity contribution in [3.05, 3.63) is 29.3 Å². The minimum Gasteiger partial charge on any atom is -0.399 e. The Balaban J connectivity index is 1.36. The number of likely N-dealkylation sites (N-methyl/N-ethyl adjacent to an activating group) is 1. The van der Waals surface area contributed by atoms with E-state index in [0.717, 1.165) is 48.6 Å². The van der Waals surface area contributed by atoms with Crippen molar-refractivity contribution in [2.75, 3.05) is 25.4 Å². The molecule has 1 aromatic rings. The van der Waals surface area contributed by atoms with E-state index < -0.39 is 0 Å². The molecule has 4 nitrogen and oxygen atoms in total. The summed E-state index contributed by atoms with van der Waals surface area (Å²) < 4.78 is 0. The molecule has 0 atom stereocenters. The predicted octanol–water partition coefficient (Wildman–Crippen LogP) is 3.60. The van der Waals surface area contributed by atoms with Crippen LogP contribution in [0.5, 0.6) is 0 Å². The lowest BCUT2D eigenvalue weighted by Crippen LogP contribution is -2.60. The summed E-state index contributed by atoms with van der Waals surface area (Å²) in [5.41, 5.74) is 8.67. The molecular weight excluding hydrogens is 322 g/mol. The molecule has 0 unspecified atom stereocenters. The topological polar surface area (TPSA) is 58.4 Å². The van der Waals surface area contributed by atoms with Gasteiger partial charge < -0.3 is 11.1 Å². The quantitative estimate of drug-likeness (QED) is 0.767. The van der Waals surface area contributed by atoms with Gasteiger partial charge in [-0.25, -0.2) is 0 Å². The van der Waals surface area contributed by atoms with Crippen LogP contribution in [0, 0.1) is 24.7 Å². The monoisotopic (exact) mass is 355 g/mol. The molecule has 0 heterocycles. The van der Waals surface area contributed by atoms with E-state index in [9.17, 15) is 4.79 Å². The molecule has 3 N–H and O–H groups in total. The fraction of sp³-hybridized carbons (Fsp3) is 0.682. The third-order valence-corrected chi connectivity index (χ3v) is 7.26. The van der Waals surface area contributed by atoms with E-state index >= 15 is 0 Å². The van der Waals surface area contributed by atoms with Gasteiger partial charge in [0.05, 0.1) is 0 Å². The maximum atomic E-state index is 12.5. The Kier molecular flexibility index (Phi) is 4.72. The van der Waals surface area contributed by atoms with Gasteiger partial charge in [0.15, 0.2) is 0 Å². The summed E-state index contributed by atoms with van der Waals surface area (Å²) in [6, 6.07) is 5.51. The van der Waals surface area contributed by atoms with Gasteiger partial charge in [0.2, 0.25) is 0 Å². The molecule has 4 saturated carbocycles. The highest BCUT2D eigenvalue weighted by Gasteiger charge is 2.52. The zero-order chi connectivity index (χ0) is 18.3. The van der Waals surface area contributed by atoms with Crippen LogP contribution >= 0.6 is 0 Å². The van der Waals surface area contributed by atoms with Gasteiger partial charge in [0, 0.05) is 29.9 Å². The molecule has 4 bridgehead atoms. The second kappa shape index (κ2) is 6.88. The molecule has 142 valence electrons. The summed E-state index contributed by atoms with van der Waals surface area (Å²) in [7, 11) is 0. The number of nitrogens with zero attached hydrogens (tertiary/aromatic N) is 1. The first-order valence-electron chi connectivity index (χ1n) is 10.4. The van der Waals surface area contributed by atoms with Gasteiger partial charge in [-0.05, 0) is 93.5 Å². The van der Waals surface area contributed by atoms with Crippen LogP contribution in [0.25, 0.3) is 0 Å². The van der Waals surface area contributed by atoms with Crippen LogP contribution in [-0.2, 0) is 0 Å². The third kappa shape index (κ3) is 3.24. The molecule has 4 fully saturated rings. The zero-order valence-corrected chi connectivity index (χ0v) is 16.3. The van der Waals surface area contributed by atoms with E-state index in [1.807, 2.05) is 25.1 Å². The second-order valence-corrected chi connectivity index (χ2v) is 9.05. The predicted molar refractivity (Wildman–Crippen MR) is 106 cm³/mol. The minimum absolute atomic E-state index is 0.00895. The first-order chi connectivity index (χ1) is 12.5. The molecule has 1 aromatic carbocycles. The average Bonchev–Trinajstić information content (AvgIpc) is 2.59. The van der Waals surface area contributed by atoms with Crippen molar-refractivity contribution in [2.24, 2.45) is 17.8 Å². The summed E-state index contributed by atoms with van der Waals surface area (Å²) in [6.07, 6.45) is 8.59. The maximum absolute atomic E-state index is 12.5. The Bertz CT molecular complexity index is 649. The molecule has 0 radical (unpaired) electrons. The van der Waals surface area contributed by atoms with Crippen LogP contribution < -0.4 is 11.1 Å². The summed E-state index contributed by atoms with van der Waals surface area (Å²) in [5, 5.41) is 3.12. The van der Waals surface area contributed by atoms with Crippen molar-refractivity contribution in [2.45, 2.75) is 57.9 Å². The van der Waals surface area contributed by atoms with Crippen molar-refractivity contribution >= 4 is 11.6 Å². The van der Waals surface area contributed by atoms with Gasteiger partial charge >= 0.3 is 0 Å². The summed E-state index contributed by atoms with van der Waals surface area (Å²) in [4.78, 5) is 15.1. The fourth-order valence-electron chi connectivity index (χ4n) is 6.41. The average molecular weight is 356 g/mol. The van der Waals surface area contributed by atoms with Crippen LogP contribution in [-0.4, -0.2) is 36.0 Å². The number of rotatable bonds is 6. The van der Waals surface area contributed by atoms with Crippen LogP contribution in [0.3, 0.4) is 0 Å². The summed E-state index contributed by atoms with van der Waals surface area (Å²) >= 11 is 0. The SMILES string of the molecule is CCN(CCNC(=O)c1ccc(N)c(C)c1)C12CC3CC(CC(C3)C1)C2. The van der Waals surface area contributed by atoms with Gasteiger partial charge in [-0.3, -0.25) is 9.69 Å². The van der Waals surface area contributed by atoms with Crippen LogP contribution in [0.4, 0.5) is 5.69 Å². The Hall–Kier alpha value is -1.55. The smallest absolute Gasteiger partial charge is 0.251 e. The van der Waals surface area contributed by atoms with Crippen molar-refractivity contribution in [1.29, 1.82) is 0 Å². The van der Waals surface area contributed by atoms with Gasteiger partial charge in [0.1, 0.15) is 0 Å². The number of hydrogen-bond donors (Lipinski definition) is 2. The molecule has 5 rings (SSSR count). The van der Waals surface area contributed by atoms with E-state index in [4.69, 9.17) is 5.73 Å². The summed E-state index contributed by atoms with van der Waals surface area (Å²) in [6.45, 7) is 6.99. The first-order valence-corrected chi connectivity index (χ1v) is 10.4. The highest BCUT2D eigenvalue weighted by Crippen LogP contribution is 2.57. The Morgan fingerprint density at radius 1 is 1.19 bits per heavy atom. The third-order valence-electron chi connectivity index (χ3n) is 7.26. The van der Waals surface area contributed by atoms with Crippen molar-refractivity contribution in [3.63, 3.8) is 0 Å². The Labute approximate surface area is 157 Å². The van der Waals surface area contributed by atoms with Crippen molar-refractivity contribution in [3.8, 4) is 0 Å². The van der Waals surface area contributed by atoms with E-state index in [-0.39, 0.29) is 5.91 Å². The number of anilines is 1. The summed E-state index contributed by atoms with van der Waals surface area (Å²) in [5.74, 6) is 2.89. The zero-order valence-electron chi connectivity index (χ0n) is 16.3. The molecule has 0 aromatic heterocycles. The van der Waals surface area contributed by atoms with Crippen molar-refractivity contribution < 1.29 is 4.79 Å². The normalized spacial score (nSPS) is 32.2. The molecule has 0 spiro atoms. The number of amides is 1. The first kappa shape index (κ1) is 17.8. The number of hydrogen-bond acceptors (Lipinski definition) is 3. The van der Waals surface area contributed by atoms with Gasteiger partial charge in [-0.1, -0.05) is 6.92 Å². The van der Waals surface area contributed by atoms with E-state index in [1.54, 1.807) is 0 Å². The van der Waals surface area contributed by atoms with Gasteiger partial charge in [-0.15, -0.1) is 0 Å². The van der Waals surface area contributed by atoms with E-state index in [1.165, 1.54) is 38.5 Å². The van der Waals surface area contributed by atoms with Gasteiger partial charge in [0.25, 0.3) is 5.91 Å². The lowest BCUT2D eigenvalue weighted by atomic mass is 9.52. The van der Waals surface area contributed by atoms with Crippen LogP contribution in [0.15, 0.2) is 18.2 Å². The number of nitrogen functional groups attached to an aromatic ring is 1. The van der Waals surface area contributed by atoms with Crippen LogP contribution in [0.2, 0.25) is 0 Å². The number of aryl methyl sites for hydroxylation is 1. The molecule has 4 aliphatic carbocycles. The van der Waals surface area contributed by atoms with Crippen molar-refractivity contribution in [1.82, 2.24) is 10.2 Å². The highest BCUT2D eigenvalue weighted by atomic mass is 16.1. The molecular formula is C22H33N3O. The molecule has 4 aliphatic rings. The van der Waals surface area contributed by atoms with E-state index in [2.05, 4.69) is 17.1 Å². The number of nitrogens with two attached hydrogens (primary N) is 1. The number of carbonyl (C=O) groups excluding carboxylic acids is 1. The maximum Gasteiger partial charge on any atom is 0.251 e. The molecule has 4 heteroatoms. The van der Waals surface area contributed by atoms with E-state index in [0.29, 0.717) is 11.1 Å². The number of carbonyl (C=O) groups is 1. The lowest BCUT2D eigenvalue weighted by Gasteiger charge is -2.60. The minimum atomic E-state index is 0.00895. The molecule has 26 heavy (non-hydrogen) atoms. The van der Waals surface area contributed by atoms with Gasteiger partial charge in [-0.2, -0.15) is 0 Å². The fourth-order valence-corrected chi connectivity index (χ4v) is 6.41. The lowest BCUT2D eigenvalue weighted by molar-refractivity contribution is -0.0863. The number of benzene rings is 1.